The minimum Gasteiger partial charge on any atom is -0.396 e. The summed E-state index contributed by atoms with van der Waals surface area (Å²) in [5.74, 6) is 0. The van der Waals surface area contributed by atoms with Crippen molar-refractivity contribution >= 4 is 0 Å². The van der Waals surface area contributed by atoms with Gasteiger partial charge >= 0.3 is 0 Å². The molecule has 0 bridgehead atoms. The van der Waals surface area contributed by atoms with Crippen molar-refractivity contribution in [2.24, 2.45) is 0 Å². The van der Waals surface area contributed by atoms with E-state index in [1.807, 2.05) is 0 Å². The molecule has 0 saturated carbocycles. The summed E-state index contributed by atoms with van der Waals surface area (Å²) >= 11 is 0. The molecule has 1 rings (SSSR count). The molecule has 1 fully saturated rings. The van der Waals surface area contributed by atoms with Gasteiger partial charge in [-0.05, 0) is 0 Å². The number of hydrogen-bond acceptors (Lipinski definition) is 6. The van der Waals surface area contributed by atoms with E-state index in [1.54, 1.807) is 0 Å². The van der Waals surface area contributed by atoms with Gasteiger partial charge in [-0.3, -0.25) is 0 Å². The molecule has 6 nitrogen and oxygen atoms in total. The fourth-order valence-electron chi connectivity index (χ4n) is 1.07. The molecule has 0 aliphatic carbocycles. The van der Waals surface area contributed by atoms with Crippen LogP contribution in [0.25, 0.3) is 0 Å². The highest BCUT2D eigenvalue weighted by molar-refractivity contribution is 4.69. The molecule has 1 saturated heterocycles. The largest absolute Gasteiger partial charge is 0.396 e. The molecule has 1 heterocycles. The summed E-state index contributed by atoms with van der Waals surface area (Å²) in [6.45, 7) is 0.742. The Morgan fingerprint density at radius 1 is 1.58 bits per heavy atom. The average Bonchev–Trinajstić information content (AvgIpc) is 2.05. The van der Waals surface area contributed by atoms with E-state index in [4.69, 9.17) is 5.11 Å². The number of nitrogens with zero attached hydrogens (tertiary/aromatic N) is 1. The highest BCUT2D eigenvalue weighted by atomic mass is 16.3. The summed E-state index contributed by atoms with van der Waals surface area (Å²) in [5, 5.41) is 28.5. The summed E-state index contributed by atoms with van der Waals surface area (Å²) in [5.41, 5.74) is 5.40. The van der Waals surface area contributed by atoms with Gasteiger partial charge in [-0.2, -0.15) is 5.53 Å². The predicted molar refractivity (Wildman–Crippen MR) is 41.6 cm³/mol. The molecule has 0 aromatic heterocycles. The third kappa shape index (κ3) is 2.67. The highest BCUT2D eigenvalue weighted by Gasteiger charge is 2.22. The fraction of sp³-hybridized carbons (Fsp3) is 1.00. The molecule has 0 aromatic carbocycles. The Morgan fingerprint density at radius 2 is 2.33 bits per heavy atom. The number of hydrogen-bond donors (Lipinski definition) is 5. The molecule has 5 N–H and O–H groups in total. The van der Waals surface area contributed by atoms with Crippen molar-refractivity contribution in [3.63, 3.8) is 0 Å². The number of hydrazine groups is 2. The topological polar surface area (TPSA) is 88.0 Å². The molecule has 1 aliphatic heterocycles. The average molecular weight is 177 g/mol. The second-order valence-corrected chi connectivity index (χ2v) is 2.79. The molecule has 6 heteroatoms. The van der Waals surface area contributed by atoms with Crippen LogP contribution in [0.1, 0.15) is 6.42 Å². The molecule has 2 atom stereocenters. The predicted octanol–water partition coefficient (Wildman–Crippen LogP) is -2.63. The number of β-amino-alcohol motifs (C(OH)–C–C–N with tert-alkyl or cyclic N) is 1. The number of aliphatic hydroxyl groups excluding tert-OH is 3. The Hall–Kier alpha value is -0.240. The summed E-state index contributed by atoms with van der Waals surface area (Å²) < 4.78 is 0. The quantitative estimate of drug-likeness (QED) is 0.324. The molecule has 1 aliphatic rings. The van der Waals surface area contributed by atoms with Crippen molar-refractivity contribution < 1.29 is 15.3 Å². The van der Waals surface area contributed by atoms with Crippen LogP contribution < -0.4 is 11.0 Å². The van der Waals surface area contributed by atoms with E-state index in [9.17, 15) is 10.2 Å². The maximum Gasteiger partial charge on any atom is 0.123 e. The van der Waals surface area contributed by atoms with Crippen LogP contribution >= 0.6 is 0 Å². The second-order valence-electron chi connectivity index (χ2n) is 2.79. The number of rotatable bonds is 3. The SMILES string of the molecule is OCCC(O)N1CC(O)CNN1. The Morgan fingerprint density at radius 3 is 2.92 bits per heavy atom. The maximum absolute atomic E-state index is 9.34. The minimum atomic E-state index is -0.766. The van der Waals surface area contributed by atoms with Crippen LogP contribution in [0.15, 0.2) is 0 Å². The van der Waals surface area contributed by atoms with Crippen molar-refractivity contribution in [2.45, 2.75) is 18.8 Å². The third-order valence-electron chi connectivity index (χ3n) is 1.71. The van der Waals surface area contributed by atoms with Crippen molar-refractivity contribution in [2.75, 3.05) is 19.7 Å². The first-order valence-corrected chi connectivity index (χ1v) is 3.96. The van der Waals surface area contributed by atoms with Crippen LogP contribution in [0.2, 0.25) is 0 Å². The van der Waals surface area contributed by atoms with E-state index in [-0.39, 0.29) is 13.0 Å². The molecule has 72 valence electrons. The zero-order valence-corrected chi connectivity index (χ0v) is 6.77. The van der Waals surface area contributed by atoms with Gasteiger partial charge in [-0.25, -0.2) is 10.4 Å². The molecule has 2 unspecified atom stereocenters. The van der Waals surface area contributed by atoms with E-state index < -0.39 is 12.3 Å². The highest BCUT2D eigenvalue weighted by Crippen LogP contribution is 2.00. The lowest BCUT2D eigenvalue weighted by molar-refractivity contribution is -0.0968. The van der Waals surface area contributed by atoms with Gasteiger partial charge in [0.1, 0.15) is 6.23 Å². The van der Waals surface area contributed by atoms with E-state index in [2.05, 4.69) is 11.0 Å². The Kier molecular flexibility index (Phi) is 3.86. The standard InChI is InChI=1S/C6H15N3O3/c10-2-1-6(12)9-4-5(11)3-7-8-9/h5-8,10-12H,1-4H2. The van der Waals surface area contributed by atoms with E-state index in [0.29, 0.717) is 13.1 Å². The van der Waals surface area contributed by atoms with Gasteiger partial charge in [0.15, 0.2) is 0 Å². The first-order chi connectivity index (χ1) is 5.74. The third-order valence-corrected chi connectivity index (χ3v) is 1.71. The van der Waals surface area contributed by atoms with Crippen LogP contribution in [-0.2, 0) is 0 Å². The minimum absolute atomic E-state index is 0.0740. The van der Waals surface area contributed by atoms with Crippen LogP contribution in [0.4, 0.5) is 0 Å². The summed E-state index contributed by atoms with van der Waals surface area (Å²) in [4.78, 5) is 0. The Bertz CT molecular complexity index is 135. The van der Waals surface area contributed by atoms with Gasteiger partial charge in [-0.1, -0.05) is 0 Å². The molecule has 0 aromatic rings. The van der Waals surface area contributed by atoms with E-state index >= 15 is 0 Å². The zero-order chi connectivity index (χ0) is 8.97. The van der Waals surface area contributed by atoms with Crippen molar-refractivity contribution in [3.8, 4) is 0 Å². The normalized spacial score (nSPS) is 28.8. The van der Waals surface area contributed by atoms with Gasteiger partial charge in [-0.15, -0.1) is 0 Å². The van der Waals surface area contributed by atoms with Crippen molar-refractivity contribution in [3.05, 3.63) is 0 Å². The number of aliphatic hydroxyl groups is 3. The molecule has 12 heavy (non-hydrogen) atoms. The van der Waals surface area contributed by atoms with Crippen LogP contribution in [-0.4, -0.2) is 52.4 Å². The molecular formula is C6H15N3O3. The van der Waals surface area contributed by atoms with E-state index in [0.717, 1.165) is 0 Å². The first-order valence-electron chi connectivity index (χ1n) is 3.96. The maximum atomic E-state index is 9.34. The van der Waals surface area contributed by atoms with Crippen LogP contribution in [0.5, 0.6) is 0 Å². The van der Waals surface area contributed by atoms with Crippen LogP contribution in [0, 0.1) is 0 Å². The smallest absolute Gasteiger partial charge is 0.123 e. The lowest BCUT2D eigenvalue weighted by Crippen LogP contribution is -2.61. The Balaban J connectivity index is 2.29. The lowest BCUT2D eigenvalue weighted by atomic mass is 10.3. The lowest BCUT2D eigenvalue weighted by Gasteiger charge is -2.34. The van der Waals surface area contributed by atoms with Crippen LogP contribution in [0.3, 0.4) is 0 Å². The van der Waals surface area contributed by atoms with Gasteiger partial charge in [0.05, 0.1) is 6.10 Å². The summed E-state index contributed by atoms with van der Waals surface area (Å²) in [7, 11) is 0. The zero-order valence-electron chi connectivity index (χ0n) is 6.77. The Labute approximate surface area is 70.7 Å². The van der Waals surface area contributed by atoms with Crippen molar-refractivity contribution in [1.82, 2.24) is 16.0 Å². The van der Waals surface area contributed by atoms with Gasteiger partial charge in [0, 0.05) is 26.1 Å². The number of nitrogens with one attached hydrogen (secondary N) is 2. The van der Waals surface area contributed by atoms with E-state index in [1.165, 1.54) is 5.01 Å². The molecular weight excluding hydrogens is 162 g/mol. The van der Waals surface area contributed by atoms with Gasteiger partial charge in [0.25, 0.3) is 0 Å². The molecule has 0 amide bonds. The molecule has 0 radical (unpaired) electrons. The van der Waals surface area contributed by atoms with Crippen molar-refractivity contribution in [1.29, 1.82) is 0 Å². The summed E-state index contributed by atoms with van der Waals surface area (Å²) in [6, 6.07) is 0. The summed E-state index contributed by atoms with van der Waals surface area (Å²) in [6.07, 6.45) is -0.987. The first kappa shape index (κ1) is 9.85. The monoisotopic (exact) mass is 177 g/mol. The second kappa shape index (κ2) is 4.70. The van der Waals surface area contributed by atoms with Gasteiger partial charge < -0.3 is 15.3 Å². The molecule has 0 spiro atoms. The van der Waals surface area contributed by atoms with Gasteiger partial charge in [0.2, 0.25) is 0 Å². The fourth-order valence-corrected chi connectivity index (χ4v) is 1.07.